The average molecular weight is 324 g/mol. The van der Waals surface area contributed by atoms with Gasteiger partial charge < -0.3 is 9.84 Å². The minimum atomic E-state index is -1.01. The van der Waals surface area contributed by atoms with Crippen LogP contribution in [0.2, 0.25) is 0 Å². The highest BCUT2D eigenvalue weighted by molar-refractivity contribution is 5.70. The molecule has 2 heterocycles. The Bertz CT molecular complexity index is 583. The molecule has 1 aromatic rings. The summed E-state index contributed by atoms with van der Waals surface area (Å²) in [5.74, 6) is -0.511. The molecule has 0 bridgehead atoms. The van der Waals surface area contributed by atoms with Gasteiger partial charge in [-0.05, 0) is 53.5 Å². The highest BCUT2D eigenvalue weighted by Crippen LogP contribution is 2.40. The van der Waals surface area contributed by atoms with Crippen LogP contribution in [0.5, 0.6) is 0 Å². The minimum absolute atomic E-state index is 0.362. The monoisotopic (exact) mass is 324 g/mol. The van der Waals surface area contributed by atoms with Crippen molar-refractivity contribution in [3.05, 3.63) is 29.8 Å². The number of hydrogen-bond acceptors (Lipinski definition) is 4. The lowest BCUT2D eigenvalue weighted by molar-refractivity contribution is -0.0167. The van der Waals surface area contributed by atoms with E-state index in [2.05, 4.69) is 4.98 Å². The Kier molecular flexibility index (Phi) is 4.66. The second-order valence-corrected chi connectivity index (χ2v) is 7.65. The Morgan fingerprint density at radius 2 is 2.13 bits per heavy atom. The van der Waals surface area contributed by atoms with E-state index in [0.717, 1.165) is 12.6 Å². The standard InChI is InChI=1S/C17H25FN2O3/c1-16(2,3)23-15(22)20-13(6-7-17(20,4)5)14(21)11-8-12(18)10-19-9-11/h8-10,13-14,21H,6-7H2,1-5H3/t13?,14-/m0/s1. The average Bonchev–Trinajstić information content (AvgIpc) is 2.71. The van der Waals surface area contributed by atoms with Crippen LogP contribution in [0.25, 0.3) is 0 Å². The van der Waals surface area contributed by atoms with Crippen LogP contribution in [0, 0.1) is 5.82 Å². The summed E-state index contributed by atoms with van der Waals surface area (Å²) in [5, 5.41) is 10.6. The summed E-state index contributed by atoms with van der Waals surface area (Å²) in [5.41, 5.74) is -0.693. The fraction of sp³-hybridized carbons (Fsp3) is 0.647. The zero-order valence-corrected chi connectivity index (χ0v) is 14.3. The number of hydrogen-bond donors (Lipinski definition) is 1. The van der Waals surface area contributed by atoms with Crippen molar-refractivity contribution < 1.29 is 19.0 Å². The molecule has 1 aliphatic rings. The number of carbonyl (C=O) groups is 1. The third-order valence-corrected chi connectivity index (χ3v) is 4.06. The molecule has 2 rings (SSSR count). The summed E-state index contributed by atoms with van der Waals surface area (Å²) in [6.07, 6.45) is 2.38. The lowest BCUT2D eigenvalue weighted by Crippen LogP contribution is -2.50. The van der Waals surface area contributed by atoms with Crippen molar-refractivity contribution >= 4 is 6.09 Å². The smallest absolute Gasteiger partial charge is 0.411 e. The van der Waals surface area contributed by atoms with E-state index in [1.165, 1.54) is 12.3 Å². The largest absolute Gasteiger partial charge is 0.444 e. The molecule has 0 aromatic carbocycles. The van der Waals surface area contributed by atoms with Gasteiger partial charge >= 0.3 is 6.09 Å². The van der Waals surface area contributed by atoms with E-state index in [1.54, 1.807) is 25.7 Å². The molecule has 0 radical (unpaired) electrons. The second kappa shape index (κ2) is 6.07. The van der Waals surface area contributed by atoms with E-state index in [0.29, 0.717) is 12.0 Å². The maximum Gasteiger partial charge on any atom is 0.411 e. The molecule has 5 nitrogen and oxygen atoms in total. The quantitative estimate of drug-likeness (QED) is 0.905. The first kappa shape index (κ1) is 17.7. The Hall–Kier alpha value is -1.69. The summed E-state index contributed by atoms with van der Waals surface area (Å²) < 4.78 is 18.8. The number of nitrogens with zero attached hydrogens (tertiary/aromatic N) is 2. The zero-order chi connectivity index (χ0) is 17.4. The fourth-order valence-corrected chi connectivity index (χ4v) is 3.00. The second-order valence-electron chi connectivity index (χ2n) is 7.65. The van der Waals surface area contributed by atoms with Gasteiger partial charge in [0.25, 0.3) is 0 Å². The van der Waals surface area contributed by atoms with Gasteiger partial charge in [0.05, 0.1) is 12.2 Å². The molecule has 0 aliphatic carbocycles. The highest BCUT2D eigenvalue weighted by atomic mass is 19.1. The molecule has 6 heteroatoms. The van der Waals surface area contributed by atoms with Crippen molar-refractivity contribution in [1.82, 2.24) is 9.88 Å². The Balaban J connectivity index is 2.27. The number of amides is 1. The van der Waals surface area contributed by atoms with Crippen LogP contribution in [0.1, 0.15) is 59.1 Å². The van der Waals surface area contributed by atoms with E-state index in [1.807, 2.05) is 13.8 Å². The van der Waals surface area contributed by atoms with Gasteiger partial charge in [0.15, 0.2) is 0 Å². The number of ether oxygens (including phenoxy) is 1. The molecule has 128 valence electrons. The summed E-state index contributed by atoms with van der Waals surface area (Å²) in [6.45, 7) is 9.28. The minimum Gasteiger partial charge on any atom is -0.444 e. The molecule has 2 atom stereocenters. The molecular weight excluding hydrogens is 299 g/mol. The zero-order valence-electron chi connectivity index (χ0n) is 14.3. The first-order chi connectivity index (χ1) is 10.5. The topological polar surface area (TPSA) is 62.7 Å². The van der Waals surface area contributed by atoms with Crippen LogP contribution in [0.4, 0.5) is 9.18 Å². The Morgan fingerprint density at radius 1 is 1.48 bits per heavy atom. The number of carbonyl (C=O) groups excluding carboxylic acids is 1. The van der Waals surface area contributed by atoms with Crippen molar-refractivity contribution in [1.29, 1.82) is 0 Å². The van der Waals surface area contributed by atoms with Gasteiger partial charge in [-0.15, -0.1) is 0 Å². The maximum atomic E-state index is 13.4. The molecule has 1 N–H and O–H groups in total. The van der Waals surface area contributed by atoms with Crippen LogP contribution in [-0.4, -0.2) is 38.3 Å². The van der Waals surface area contributed by atoms with E-state index in [-0.39, 0.29) is 0 Å². The number of halogens is 1. The van der Waals surface area contributed by atoms with Crippen LogP contribution in [0.3, 0.4) is 0 Å². The molecule has 1 saturated heterocycles. The molecule has 1 aromatic heterocycles. The number of pyridine rings is 1. The van der Waals surface area contributed by atoms with Gasteiger partial charge in [-0.25, -0.2) is 9.18 Å². The summed E-state index contributed by atoms with van der Waals surface area (Å²) >= 11 is 0. The van der Waals surface area contributed by atoms with Gasteiger partial charge in [-0.3, -0.25) is 9.88 Å². The van der Waals surface area contributed by atoms with Crippen molar-refractivity contribution in [2.75, 3.05) is 0 Å². The summed E-state index contributed by atoms with van der Waals surface area (Å²) in [7, 11) is 0. The van der Waals surface area contributed by atoms with E-state index < -0.39 is 35.2 Å². The lowest BCUT2D eigenvalue weighted by Gasteiger charge is -2.38. The molecule has 0 spiro atoms. The SMILES string of the molecule is CC(C)(C)OC(=O)N1C([C@@H](O)c2cncc(F)c2)CCC1(C)C. The fourth-order valence-electron chi connectivity index (χ4n) is 3.00. The lowest BCUT2D eigenvalue weighted by atomic mass is 10.0. The van der Waals surface area contributed by atoms with Gasteiger partial charge in [0.2, 0.25) is 0 Å². The molecule has 0 saturated carbocycles. The summed E-state index contributed by atoms with van der Waals surface area (Å²) in [6, 6.07) is 0.777. The Labute approximate surface area is 136 Å². The van der Waals surface area contributed by atoms with Gasteiger partial charge in [0, 0.05) is 17.3 Å². The van der Waals surface area contributed by atoms with E-state index in [9.17, 15) is 14.3 Å². The predicted molar refractivity (Wildman–Crippen MR) is 84.3 cm³/mol. The van der Waals surface area contributed by atoms with Crippen LogP contribution in [0.15, 0.2) is 18.5 Å². The Morgan fingerprint density at radius 3 is 2.70 bits per heavy atom. The van der Waals surface area contributed by atoms with E-state index in [4.69, 9.17) is 4.74 Å². The number of aliphatic hydroxyl groups is 1. The maximum absolute atomic E-state index is 13.4. The van der Waals surface area contributed by atoms with Gasteiger partial charge in [-0.1, -0.05) is 0 Å². The molecule has 1 aliphatic heterocycles. The predicted octanol–water partition coefficient (Wildman–Crippen LogP) is 3.43. The number of rotatable bonds is 2. The normalized spacial score (nSPS) is 22.0. The van der Waals surface area contributed by atoms with Crippen LogP contribution < -0.4 is 0 Å². The third-order valence-electron chi connectivity index (χ3n) is 4.06. The number of aliphatic hydroxyl groups excluding tert-OH is 1. The number of aromatic nitrogens is 1. The van der Waals surface area contributed by atoms with Crippen LogP contribution >= 0.6 is 0 Å². The molecular formula is C17H25FN2O3. The molecule has 23 heavy (non-hydrogen) atoms. The molecule has 1 fully saturated rings. The van der Waals surface area contributed by atoms with Crippen molar-refractivity contribution in [3.8, 4) is 0 Å². The first-order valence-electron chi connectivity index (χ1n) is 7.82. The van der Waals surface area contributed by atoms with Gasteiger partial charge in [-0.2, -0.15) is 0 Å². The van der Waals surface area contributed by atoms with Crippen molar-refractivity contribution in [3.63, 3.8) is 0 Å². The third kappa shape index (κ3) is 3.99. The van der Waals surface area contributed by atoms with E-state index >= 15 is 0 Å². The first-order valence-corrected chi connectivity index (χ1v) is 7.82. The molecule has 1 amide bonds. The summed E-state index contributed by atoms with van der Waals surface area (Å²) in [4.78, 5) is 17.9. The van der Waals surface area contributed by atoms with Crippen molar-refractivity contribution in [2.45, 2.75) is 70.7 Å². The molecule has 1 unspecified atom stereocenters. The van der Waals surface area contributed by atoms with Crippen molar-refractivity contribution in [2.24, 2.45) is 0 Å². The highest BCUT2D eigenvalue weighted by Gasteiger charge is 2.47. The van der Waals surface area contributed by atoms with Gasteiger partial charge in [0.1, 0.15) is 17.5 Å². The van der Waals surface area contributed by atoms with Crippen LogP contribution in [-0.2, 0) is 4.74 Å². The number of likely N-dealkylation sites (tertiary alicyclic amines) is 1.